The minimum atomic E-state index is -1.02. The first-order valence-electron chi connectivity index (χ1n) is 9.82. The zero-order valence-corrected chi connectivity index (χ0v) is 16.2. The van der Waals surface area contributed by atoms with Gasteiger partial charge in [0.25, 0.3) is 0 Å². The Morgan fingerprint density at radius 3 is 2.69 bits per heavy atom. The lowest BCUT2D eigenvalue weighted by molar-refractivity contribution is 0.0699. The van der Waals surface area contributed by atoms with E-state index >= 15 is 0 Å². The Morgan fingerprint density at radius 2 is 2.03 bits per heavy atom. The van der Waals surface area contributed by atoms with Crippen molar-refractivity contribution in [2.75, 3.05) is 25.0 Å². The molecule has 0 bridgehead atoms. The molecule has 1 atom stereocenters. The first kappa shape index (κ1) is 19.3. The molecule has 1 fully saturated rings. The summed E-state index contributed by atoms with van der Waals surface area (Å²) in [6.07, 6.45) is 1.74. The number of aromatic nitrogens is 2. The number of carboxylic acid groups (broad SMARTS) is 1. The monoisotopic (exact) mass is 394 g/mol. The van der Waals surface area contributed by atoms with E-state index in [1.165, 1.54) is 12.1 Å². The SMILES string of the molecule is CCc1nc(N[C@H](CN2CCC2)c2cccc(F)c2)c2cccc(C(=O)O)c2n1. The molecular weight excluding hydrogens is 371 g/mol. The summed E-state index contributed by atoms with van der Waals surface area (Å²) in [7, 11) is 0. The van der Waals surface area contributed by atoms with E-state index in [0.29, 0.717) is 29.0 Å². The summed E-state index contributed by atoms with van der Waals surface area (Å²) in [5.74, 6) is -0.169. The number of aromatic carboxylic acids is 1. The molecule has 0 radical (unpaired) electrons. The van der Waals surface area contributed by atoms with Gasteiger partial charge in [-0.25, -0.2) is 19.2 Å². The van der Waals surface area contributed by atoms with E-state index in [0.717, 1.165) is 31.6 Å². The van der Waals surface area contributed by atoms with Crippen LogP contribution < -0.4 is 5.32 Å². The fraction of sp³-hybridized carbons (Fsp3) is 0.318. The number of likely N-dealkylation sites (tertiary alicyclic amines) is 1. The van der Waals surface area contributed by atoms with Crippen LogP contribution in [0.25, 0.3) is 10.9 Å². The lowest BCUT2D eigenvalue weighted by Crippen LogP contribution is -2.41. The molecule has 0 amide bonds. The number of rotatable bonds is 7. The smallest absolute Gasteiger partial charge is 0.337 e. The summed E-state index contributed by atoms with van der Waals surface area (Å²) in [5, 5.41) is 13.7. The number of hydrogen-bond acceptors (Lipinski definition) is 5. The van der Waals surface area contributed by atoms with Gasteiger partial charge in [-0.2, -0.15) is 0 Å². The molecule has 7 heteroatoms. The quantitative estimate of drug-likeness (QED) is 0.633. The third-order valence-electron chi connectivity index (χ3n) is 5.27. The van der Waals surface area contributed by atoms with Crippen LogP contribution in [0.15, 0.2) is 42.5 Å². The molecule has 0 unspecified atom stereocenters. The summed E-state index contributed by atoms with van der Waals surface area (Å²) < 4.78 is 13.9. The van der Waals surface area contributed by atoms with Gasteiger partial charge in [0.05, 0.1) is 17.1 Å². The summed E-state index contributed by atoms with van der Waals surface area (Å²) >= 11 is 0. The molecule has 29 heavy (non-hydrogen) atoms. The zero-order chi connectivity index (χ0) is 20.4. The van der Waals surface area contributed by atoms with Crippen LogP contribution in [0.1, 0.15) is 41.1 Å². The van der Waals surface area contributed by atoms with Gasteiger partial charge in [0.1, 0.15) is 17.5 Å². The summed E-state index contributed by atoms with van der Waals surface area (Å²) in [6, 6.07) is 11.4. The molecule has 2 heterocycles. The highest BCUT2D eigenvalue weighted by Gasteiger charge is 2.23. The van der Waals surface area contributed by atoms with Crippen LogP contribution in [0.2, 0.25) is 0 Å². The van der Waals surface area contributed by atoms with Gasteiger partial charge in [-0.1, -0.05) is 25.1 Å². The minimum Gasteiger partial charge on any atom is -0.478 e. The number of nitrogens with zero attached hydrogens (tertiary/aromatic N) is 3. The van der Waals surface area contributed by atoms with E-state index in [-0.39, 0.29) is 17.4 Å². The predicted molar refractivity (Wildman–Crippen MR) is 110 cm³/mol. The first-order valence-corrected chi connectivity index (χ1v) is 9.82. The van der Waals surface area contributed by atoms with Crippen molar-refractivity contribution in [3.05, 3.63) is 65.2 Å². The normalized spacial score (nSPS) is 15.1. The third kappa shape index (κ3) is 4.05. The maximum Gasteiger partial charge on any atom is 0.337 e. The van der Waals surface area contributed by atoms with Gasteiger partial charge in [0.2, 0.25) is 0 Å². The second-order valence-corrected chi connectivity index (χ2v) is 7.25. The second-order valence-electron chi connectivity index (χ2n) is 7.25. The van der Waals surface area contributed by atoms with E-state index in [2.05, 4.69) is 20.2 Å². The molecule has 1 saturated heterocycles. The van der Waals surface area contributed by atoms with E-state index in [1.54, 1.807) is 18.2 Å². The Bertz CT molecular complexity index is 1050. The Balaban J connectivity index is 1.78. The van der Waals surface area contributed by atoms with Crippen molar-refractivity contribution in [2.45, 2.75) is 25.8 Å². The number of fused-ring (bicyclic) bond motifs is 1. The van der Waals surface area contributed by atoms with E-state index < -0.39 is 5.97 Å². The summed E-state index contributed by atoms with van der Waals surface area (Å²) in [4.78, 5) is 23.1. The van der Waals surface area contributed by atoms with Crippen LogP contribution >= 0.6 is 0 Å². The lowest BCUT2D eigenvalue weighted by Gasteiger charge is -2.35. The topological polar surface area (TPSA) is 78.4 Å². The molecule has 2 aromatic carbocycles. The van der Waals surface area contributed by atoms with Gasteiger partial charge >= 0.3 is 5.97 Å². The van der Waals surface area contributed by atoms with Gasteiger partial charge in [-0.05, 0) is 49.3 Å². The molecule has 1 aliphatic heterocycles. The highest BCUT2D eigenvalue weighted by molar-refractivity contribution is 6.04. The maximum absolute atomic E-state index is 13.9. The second kappa shape index (κ2) is 8.13. The van der Waals surface area contributed by atoms with Crippen molar-refractivity contribution < 1.29 is 14.3 Å². The molecule has 6 nitrogen and oxygen atoms in total. The molecule has 3 aromatic rings. The van der Waals surface area contributed by atoms with Crippen molar-refractivity contribution in [2.24, 2.45) is 0 Å². The van der Waals surface area contributed by atoms with Gasteiger partial charge in [-0.15, -0.1) is 0 Å². The highest BCUT2D eigenvalue weighted by Crippen LogP contribution is 2.29. The van der Waals surface area contributed by atoms with Crippen molar-refractivity contribution in [3.63, 3.8) is 0 Å². The fourth-order valence-corrected chi connectivity index (χ4v) is 3.58. The standard InChI is InChI=1S/C22H23FN4O2/c1-2-19-25-20-16(8-4-9-17(20)22(28)29)21(26-19)24-18(13-27-10-5-11-27)14-6-3-7-15(23)12-14/h3-4,6-9,12,18H,2,5,10-11,13H2,1H3,(H,28,29)(H,24,25,26)/t18-/m1/s1. The van der Waals surface area contributed by atoms with Crippen LogP contribution in [0.5, 0.6) is 0 Å². The number of halogens is 1. The number of nitrogens with one attached hydrogen (secondary N) is 1. The van der Waals surface area contributed by atoms with Crippen molar-refractivity contribution in [1.29, 1.82) is 0 Å². The van der Waals surface area contributed by atoms with Gasteiger partial charge in [0, 0.05) is 18.4 Å². The van der Waals surface area contributed by atoms with Crippen molar-refractivity contribution >= 4 is 22.7 Å². The van der Waals surface area contributed by atoms with Gasteiger partial charge < -0.3 is 15.3 Å². The highest BCUT2D eigenvalue weighted by atomic mass is 19.1. The molecule has 1 aromatic heterocycles. The Kier molecular flexibility index (Phi) is 5.40. The Hall–Kier alpha value is -3.06. The summed E-state index contributed by atoms with van der Waals surface area (Å²) in [6.45, 7) is 4.68. The summed E-state index contributed by atoms with van der Waals surface area (Å²) in [5.41, 5.74) is 1.39. The number of benzene rings is 2. The van der Waals surface area contributed by atoms with Crippen molar-refractivity contribution in [3.8, 4) is 0 Å². The molecule has 150 valence electrons. The predicted octanol–water partition coefficient (Wildman–Crippen LogP) is 3.89. The van der Waals surface area contributed by atoms with Crippen molar-refractivity contribution in [1.82, 2.24) is 14.9 Å². The molecule has 0 saturated carbocycles. The Labute approximate surface area is 168 Å². The van der Waals surface area contributed by atoms with E-state index in [1.807, 2.05) is 19.1 Å². The van der Waals surface area contributed by atoms with Gasteiger partial charge in [0.15, 0.2) is 0 Å². The maximum atomic E-state index is 13.9. The Morgan fingerprint density at radius 1 is 1.24 bits per heavy atom. The molecule has 0 spiro atoms. The number of carboxylic acids is 1. The largest absolute Gasteiger partial charge is 0.478 e. The van der Waals surface area contributed by atoms with Crippen LogP contribution in [0, 0.1) is 5.82 Å². The lowest BCUT2D eigenvalue weighted by atomic mass is 10.0. The third-order valence-corrected chi connectivity index (χ3v) is 5.27. The molecule has 1 aliphatic rings. The van der Waals surface area contributed by atoms with Crippen LogP contribution in [-0.2, 0) is 6.42 Å². The first-order chi connectivity index (χ1) is 14.0. The fourth-order valence-electron chi connectivity index (χ4n) is 3.58. The molecular formula is C22H23FN4O2. The molecule has 0 aliphatic carbocycles. The molecule has 4 rings (SSSR count). The average Bonchev–Trinajstić information content (AvgIpc) is 2.68. The number of hydrogen-bond donors (Lipinski definition) is 2. The van der Waals surface area contributed by atoms with Gasteiger partial charge in [-0.3, -0.25) is 0 Å². The van der Waals surface area contributed by atoms with E-state index in [4.69, 9.17) is 0 Å². The van der Waals surface area contributed by atoms with Crippen LogP contribution in [0.3, 0.4) is 0 Å². The number of anilines is 1. The van der Waals surface area contributed by atoms with Crippen LogP contribution in [-0.4, -0.2) is 45.6 Å². The number of aryl methyl sites for hydroxylation is 1. The van der Waals surface area contributed by atoms with E-state index in [9.17, 15) is 14.3 Å². The zero-order valence-electron chi connectivity index (χ0n) is 16.2. The van der Waals surface area contributed by atoms with Crippen LogP contribution in [0.4, 0.5) is 10.2 Å². The molecule has 2 N–H and O–H groups in total. The number of carbonyl (C=O) groups is 1. The number of para-hydroxylation sites is 1. The average molecular weight is 394 g/mol. The minimum absolute atomic E-state index is 0.146.